The van der Waals surface area contributed by atoms with E-state index in [9.17, 15) is 9.90 Å². The summed E-state index contributed by atoms with van der Waals surface area (Å²) in [4.78, 5) is 16.5. The number of aromatic hydroxyl groups is 1. The van der Waals surface area contributed by atoms with Crippen LogP contribution in [0.5, 0.6) is 5.75 Å². The standard InChI is InChI=1S/C25H21N5O3Se/c1-2-33-24(32)18-12-14-20(15-13-18)28-29-23-22(17-8-4-3-5-9-17)27-25(34-23)30-26-16-19-10-6-7-11-21(19)31/h3-16,31H,2H2,1H3,(H,27,30)/b26-16+,29-28?. The number of phenols is 1. The average molecular weight is 518 g/mol. The molecule has 0 radical (unpaired) electrons. The number of phenolic OH excluding ortho intramolecular Hbond substituents is 1. The molecule has 0 spiro atoms. The Labute approximate surface area is 202 Å². The Balaban J connectivity index is 1.56. The van der Waals surface area contributed by atoms with Gasteiger partial charge in [-0.25, -0.2) is 0 Å². The molecule has 0 atom stereocenters. The monoisotopic (exact) mass is 519 g/mol. The van der Waals surface area contributed by atoms with Crippen LogP contribution in [0.1, 0.15) is 22.8 Å². The molecule has 2 N–H and O–H groups in total. The summed E-state index contributed by atoms with van der Waals surface area (Å²) in [7, 11) is 0. The first kappa shape index (κ1) is 23.1. The average Bonchev–Trinajstić information content (AvgIpc) is 3.28. The number of benzene rings is 3. The van der Waals surface area contributed by atoms with Gasteiger partial charge in [-0.3, -0.25) is 0 Å². The van der Waals surface area contributed by atoms with E-state index in [1.54, 1.807) is 55.6 Å². The number of rotatable bonds is 8. The Kier molecular flexibility index (Phi) is 7.60. The van der Waals surface area contributed by atoms with Crippen molar-refractivity contribution in [3.05, 3.63) is 90.0 Å². The molecule has 1 heterocycles. The number of anilines is 1. The van der Waals surface area contributed by atoms with Crippen molar-refractivity contribution in [1.82, 2.24) is 4.98 Å². The molecule has 0 fully saturated rings. The van der Waals surface area contributed by atoms with E-state index in [0.29, 0.717) is 28.1 Å². The van der Waals surface area contributed by atoms with Crippen molar-refractivity contribution in [3.8, 4) is 17.0 Å². The van der Waals surface area contributed by atoms with E-state index in [-0.39, 0.29) is 26.2 Å². The molecule has 4 rings (SSSR count). The Morgan fingerprint density at radius 1 is 1.03 bits per heavy atom. The van der Waals surface area contributed by atoms with Crippen LogP contribution in [0.3, 0.4) is 0 Å². The van der Waals surface area contributed by atoms with Crippen molar-refractivity contribution >= 4 is 41.6 Å². The van der Waals surface area contributed by atoms with Crippen molar-refractivity contribution in [1.29, 1.82) is 0 Å². The minimum absolute atomic E-state index is 0.151. The Bertz CT molecular complexity index is 1320. The Morgan fingerprint density at radius 3 is 2.50 bits per heavy atom. The van der Waals surface area contributed by atoms with E-state index < -0.39 is 0 Å². The van der Waals surface area contributed by atoms with Crippen LogP contribution in [0.25, 0.3) is 11.3 Å². The zero-order valence-corrected chi connectivity index (χ0v) is 20.0. The maximum absolute atomic E-state index is 11.8. The number of esters is 1. The fourth-order valence-corrected chi connectivity index (χ4v) is 4.54. The summed E-state index contributed by atoms with van der Waals surface area (Å²) in [6.45, 7) is 2.09. The van der Waals surface area contributed by atoms with Crippen molar-refractivity contribution in [3.63, 3.8) is 0 Å². The van der Waals surface area contributed by atoms with E-state index >= 15 is 0 Å². The van der Waals surface area contributed by atoms with Crippen LogP contribution < -0.4 is 5.43 Å². The first-order valence-corrected chi connectivity index (χ1v) is 12.2. The summed E-state index contributed by atoms with van der Waals surface area (Å²) in [6, 6.07) is 23.5. The van der Waals surface area contributed by atoms with Gasteiger partial charge in [-0.05, 0) is 0 Å². The van der Waals surface area contributed by atoms with Gasteiger partial charge in [0.05, 0.1) is 0 Å². The summed E-state index contributed by atoms with van der Waals surface area (Å²) >= 11 is -0.254. The first-order chi connectivity index (χ1) is 16.6. The van der Waals surface area contributed by atoms with Gasteiger partial charge < -0.3 is 0 Å². The van der Waals surface area contributed by atoms with Crippen molar-refractivity contribution in [2.75, 3.05) is 12.0 Å². The number of ether oxygens (including phenoxy) is 1. The van der Waals surface area contributed by atoms with Gasteiger partial charge in [0.15, 0.2) is 0 Å². The normalized spacial score (nSPS) is 11.2. The molecule has 0 saturated heterocycles. The van der Waals surface area contributed by atoms with Gasteiger partial charge >= 0.3 is 203 Å². The number of aromatic nitrogens is 1. The van der Waals surface area contributed by atoms with Crippen LogP contribution in [0.4, 0.5) is 14.9 Å². The third-order valence-corrected chi connectivity index (χ3v) is 6.36. The topological polar surface area (TPSA) is 109 Å². The van der Waals surface area contributed by atoms with Gasteiger partial charge in [-0.15, -0.1) is 0 Å². The van der Waals surface area contributed by atoms with Crippen molar-refractivity contribution < 1.29 is 14.6 Å². The number of nitrogens with zero attached hydrogens (tertiary/aromatic N) is 4. The second-order valence-electron chi connectivity index (χ2n) is 6.93. The predicted octanol–water partition coefficient (Wildman–Crippen LogP) is 5.55. The van der Waals surface area contributed by atoms with E-state index in [4.69, 9.17) is 4.74 Å². The van der Waals surface area contributed by atoms with Gasteiger partial charge in [0, 0.05) is 0 Å². The predicted molar refractivity (Wildman–Crippen MR) is 133 cm³/mol. The number of hydrogen-bond acceptors (Lipinski definition) is 8. The second-order valence-corrected chi connectivity index (χ2v) is 8.99. The number of carbonyl (C=O) groups excluding carboxylic acids is 1. The van der Waals surface area contributed by atoms with Crippen LogP contribution in [-0.2, 0) is 4.74 Å². The molecule has 0 amide bonds. The first-order valence-electron chi connectivity index (χ1n) is 10.5. The molecule has 0 aliphatic rings. The Hall–Kier alpha value is -4.07. The minimum atomic E-state index is -0.368. The summed E-state index contributed by atoms with van der Waals surface area (Å²) in [5.41, 5.74) is 6.30. The second kappa shape index (κ2) is 11.2. The zero-order valence-electron chi connectivity index (χ0n) is 18.3. The summed E-state index contributed by atoms with van der Waals surface area (Å²) in [5, 5.41) is 22.9. The molecule has 3 aromatic carbocycles. The molecule has 4 aromatic rings. The molecule has 0 aliphatic heterocycles. The van der Waals surface area contributed by atoms with Crippen LogP contribution >= 0.6 is 0 Å². The van der Waals surface area contributed by atoms with Crippen LogP contribution in [0, 0.1) is 0 Å². The maximum atomic E-state index is 11.8. The fraction of sp³-hybridized carbons (Fsp3) is 0.0800. The molecule has 9 heteroatoms. The SMILES string of the molecule is CCOC(=O)c1ccc(N=Nc2[se]c(N/N=C/c3ccccc3O)nc2-c2ccccc2)cc1. The summed E-state index contributed by atoms with van der Waals surface area (Å²) in [6.07, 6.45) is 1.54. The van der Waals surface area contributed by atoms with Gasteiger partial charge in [0.25, 0.3) is 0 Å². The molecule has 0 bridgehead atoms. The quantitative estimate of drug-likeness (QED) is 0.105. The molecule has 1 aromatic heterocycles. The van der Waals surface area contributed by atoms with Gasteiger partial charge in [0.1, 0.15) is 0 Å². The summed E-state index contributed by atoms with van der Waals surface area (Å²) < 4.78 is 6.42. The van der Waals surface area contributed by atoms with Gasteiger partial charge in [-0.2, -0.15) is 0 Å². The molecule has 34 heavy (non-hydrogen) atoms. The van der Waals surface area contributed by atoms with Crippen LogP contribution in [-0.4, -0.2) is 43.4 Å². The molecule has 0 unspecified atom stereocenters. The number of nitrogens with one attached hydrogen (secondary N) is 1. The van der Waals surface area contributed by atoms with E-state index in [1.807, 2.05) is 36.4 Å². The van der Waals surface area contributed by atoms with Crippen LogP contribution in [0.15, 0.2) is 94.2 Å². The van der Waals surface area contributed by atoms with Gasteiger partial charge in [-0.1, -0.05) is 0 Å². The number of azo groups is 1. The summed E-state index contributed by atoms with van der Waals surface area (Å²) in [5.74, 6) is -0.217. The number of para-hydroxylation sites is 1. The van der Waals surface area contributed by atoms with E-state index in [0.717, 1.165) is 15.8 Å². The number of hydrazone groups is 1. The molecule has 8 nitrogen and oxygen atoms in total. The van der Waals surface area contributed by atoms with Crippen molar-refractivity contribution in [2.24, 2.45) is 15.3 Å². The van der Waals surface area contributed by atoms with Crippen LogP contribution in [0.2, 0.25) is 0 Å². The molecule has 0 saturated carbocycles. The number of hydrogen-bond donors (Lipinski definition) is 2. The van der Waals surface area contributed by atoms with Crippen molar-refractivity contribution in [2.45, 2.75) is 6.92 Å². The molecule has 170 valence electrons. The fourth-order valence-electron chi connectivity index (χ4n) is 2.95. The molecular formula is C25H21N5O3Se. The van der Waals surface area contributed by atoms with Gasteiger partial charge in [0.2, 0.25) is 0 Å². The Morgan fingerprint density at radius 2 is 1.76 bits per heavy atom. The molecular weight excluding hydrogens is 497 g/mol. The number of carbonyl (C=O) groups is 1. The molecule has 0 aliphatic carbocycles. The third kappa shape index (κ3) is 5.83. The zero-order chi connectivity index (χ0) is 23.8. The van der Waals surface area contributed by atoms with E-state index in [2.05, 4.69) is 25.7 Å². The third-order valence-electron chi connectivity index (χ3n) is 4.59. The van der Waals surface area contributed by atoms with E-state index in [1.165, 1.54) is 0 Å².